The van der Waals surface area contributed by atoms with Crippen molar-refractivity contribution in [2.45, 2.75) is 60.0 Å². The van der Waals surface area contributed by atoms with E-state index in [1.165, 1.54) is 22.3 Å². The Morgan fingerprint density at radius 2 is 1.09 bits per heavy atom. The third-order valence-corrected chi connectivity index (χ3v) is 4.99. The molecule has 0 aromatic heterocycles. The molecule has 0 unspecified atom stereocenters. The summed E-state index contributed by atoms with van der Waals surface area (Å²) in [4.78, 5) is 10.2. The number of halogens is 1. The summed E-state index contributed by atoms with van der Waals surface area (Å²) in [6.07, 6.45) is 0.525. The molecular formula is C29H41ClO4. The first-order valence-corrected chi connectivity index (χ1v) is 11.8. The van der Waals surface area contributed by atoms with Crippen LogP contribution in [0.5, 0.6) is 0 Å². The molecule has 3 rings (SSSR count). The summed E-state index contributed by atoms with van der Waals surface area (Å²) >= 11 is 5.82. The molecule has 3 aromatic carbocycles. The third-order valence-electron chi connectivity index (χ3n) is 4.74. The zero-order valence-electron chi connectivity index (χ0n) is 21.5. The maximum absolute atomic E-state index is 10.2. The zero-order chi connectivity index (χ0) is 26.6. The molecule has 5 heteroatoms. The molecule has 0 spiro atoms. The second-order valence-electron chi connectivity index (χ2n) is 7.07. The van der Waals surface area contributed by atoms with Crippen molar-refractivity contribution in [3.63, 3.8) is 0 Å². The first kappa shape index (κ1) is 33.5. The molecule has 0 fully saturated rings. The highest BCUT2D eigenvalue weighted by Crippen LogP contribution is 2.21. The van der Waals surface area contributed by atoms with Crippen LogP contribution in [0.4, 0.5) is 0 Å². The fourth-order valence-corrected chi connectivity index (χ4v) is 2.60. The monoisotopic (exact) mass is 488 g/mol. The van der Waals surface area contributed by atoms with Gasteiger partial charge in [-0.2, -0.15) is 0 Å². The number of aryl methyl sites for hydroxylation is 2. The SMILES string of the molecule is CC.CCC(O)(CC)C(=O)O.CO.Cc1ccc(-c2ccc(Cl)cc2)cc1.Cc1ccccc1. The Balaban J connectivity index is 0. The van der Waals surface area contributed by atoms with Crippen molar-refractivity contribution < 1.29 is 20.1 Å². The highest BCUT2D eigenvalue weighted by Gasteiger charge is 2.30. The summed E-state index contributed by atoms with van der Waals surface area (Å²) in [6.45, 7) is 11.5. The number of carboxylic acid groups (broad SMARTS) is 1. The number of rotatable bonds is 4. The van der Waals surface area contributed by atoms with Crippen LogP contribution in [-0.2, 0) is 4.79 Å². The molecule has 0 atom stereocenters. The van der Waals surface area contributed by atoms with Gasteiger partial charge in [-0.05, 0) is 49.9 Å². The Labute approximate surface area is 210 Å². The fourth-order valence-electron chi connectivity index (χ4n) is 2.48. The molecule has 0 aliphatic heterocycles. The molecular weight excluding hydrogens is 448 g/mol. The third kappa shape index (κ3) is 13.8. The van der Waals surface area contributed by atoms with Crippen molar-refractivity contribution in [1.82, 2.24) is 0 Å². The van der Waals surface area contributed by atoms with E-state index in [-0.39, 0.29) is 12.8 Å². The van der Waals surface area contributed by atoms with E-state index in [2.05, 4.69) is 50.2 Å². The van der Waals surface area contributed by atoms with Crippen LogP contribution >= 0.6 is 11.6 Å². The van der Waals surface area contributed by atoms with Crippen LogP contribution in [0.3, 0.4) is 0 Å². The minimum absolute atomic E-state index is 0.263. The molecule has 188 valence electrons. The second-order valence-corrected chi connectivity index (χ2v) is 7.51. The number of carbonyl (C=O) groups is 1. The summed E-state index contributed by atoms with van der Waals surface area (Å²) in [5.74, 6) is -1.13. The van der Waals surface area contributed by atoms with E-state index in [0.29, 0.717) is 0 Å². The van der Waals surface area contributed by atoms with E-state index in [9.17, 15) is 4.79 Å². The van der Waals surface area contributed by atoms with E-state index < -0.39 is 11.6 Å². The number of hydrogen-bond acceptors (Lipinski definition) is 3. The van der Waals surface area contributed by atoms with E-state index >= 15 is 0 Å². The molecule has 3 N–H and O–H groups in total. The molecule has 0 saturated carbocycles. The minimum Gasteiger partial charge on any atom is -0.479 e. The highest BCUT2D eigenvalue weighted by molar-refractivity contribution is 6.30. The first-order chi connectivity index (χ1) is 16.2. The summed E-state index contributed by atoms with van der Waals surface area (Å²) in [5.41, 5.74) is 3.53. The van der Waals surface area contributed by atoms with Crippen LogP contribution in [-0.4, -0.2) is 34.0 Å². The van der Waals surface area contributed by atoms with Gasteiger partial charge in [-0.15, -0.1) is 0 Å². The van der Waals surface area contributed by atoms with Crippen LogP contribution < -0.4 is 0 Å². The lowest BCUT2D eigenvalue weighted by Gasteiger charge is -2.18. The van der Waals surface area contributed by atoms with Crippen LogP contribution in [0.15, 0.2) is 78.9 Å². The molecule has 0 aliphatic rings. The van der Waals surface area contributed by atoms with Gasteiger partial charge in [-0.1, -0.05) is 117 Å². The van der Waals surface area contributed by atoms with E-state index in [1.807, 2.05) is 56.3 Å². The number of aliphatic hydroxyl groups excluding tert-OH is 1. The maximum atomic E-state index is 10.2. The van der Waals surface area contributed by atoms with Gasteiger partial charge in [0.2, 0.25) is 0 Å². The predicted molar refractivity (Wildman–Crippen MR) is 145 cm³/mol. The highest BCUT2D eigenvalue weighted by atomic mass is 35.5. The lowest BCUT2D eigenvalue weighted by Crippen LogP contribution is -2.36. The normalized spacial score (nSPS) is 9.35. The molecule has 0 bridgehead atoms. The van der Waals surface area contributed by atoms with E-state index in [1.54, 1.807) is 13.8 Å². The molecule has 0 aliphatic carbocycles. The molecule has 4 nitrogen and oxygen atoms in total. The number of carboxylic acids is 1. The van der Waals surface area contributed by atoms with Crippen LogP contribution in [0, 0.1) is 13.8 Å². The topological polar surface area (TPSA) is 77.8 Å². The molecule has 3 aromatic rings. The quantitative estimate of drug-likeness (QED) is 0.354. The smallest absolute Gasteiger partial charge is 0.335 e. The summed E-state index contributed by atoms with van der Waals surface area (Å²) in [7, 11) is 1.00. The average molecular weight is 489 g/mol. The zero-order valence-corrected chi connectivity index (χ0v) is 22.3. The van der Waals surface area contributed by atoms with Gasteiger partial charge in [0.05, 0.1) is 0 Å². The number of aliphatic carboxylic acids is 1. The average Bonchev–Trinajstić information content (AvgIpc) is 2.88. The van der Waals surface area contributed by atoms with Crippen molar-refractivity contribution in [3.05, 3.63) is 95.0 Å². The van der Waals surface area contributed by atoms with Gasteiger partial charge in [-0.25, -0.2) is 4.79 Å². The summed E-state index contributed by atoms with van der Waals surface area (Å²) in [6, 6.07) is 26.6. The van der Waals surface area contributed by atoms with Crippen molar-refractivity contribution in [2.75, 3.05) is 7.11 Å². The number of aliphatic hydroxyl groups is 2. The van der Waals surface area contributed by atoms with Gasteiger partial charge in [-0.3, -0.25) is 0 Å². The second kappa shape index (κ2) is 19.8. The standard InChI is InChI=1S/C13H11Cl.C7H8.C6H12O3.C2H6.CH4O/c1-10-2-4-11(5-3-10)12-6-8-13(14)9-7-12;1-7-5-3-2-4-6-7;1-3-6(9,4-2)5(7)8;2*1-2/h2-9H,1H3;2-6H,1H3;9H,3-4H2,1-2H3,(H,7,8);1-2H3;2H,1H3. The Morgan fingerprint density at radius 3 is 1.35 bits per heavy atom. The fraction of sp³-hybridized carbons (Fsp3) is 0.345. The first-order valence-electron chi connectivity index (χ1n) is 11.5. The van der Waals surface area contributed by atoms with Crippen molar-refractivity contribution >= 4 is 17.6 Å². The summed E-state index contributed by atoms with van der Waals surface area (Å²) in [5, 5.41) is 25.3. The van der Waals surface area contributed by atoms with Gasteiger partial charge in [0.15, 0.2) is 5.60 Å². The van der Waals surface area contributed by atoms with Gasteiger partial charge >= 0.3 is 5.97 Å². The van der Waals surface area contributed by atoms with Crippen molar-refractivity contribution in [1.29, 1.82) is 0 Å². The maximum Gasteiger partial charge on any atom is 0.335 e. The largest absolute Gasteiger partial charge is 0.479 e. The van der Waals surface area contributed by atoms with Gasteiger partial charge < -0.3 is 15.3 Å². The number of hydrogen-bond donors (Lipinski definition) is 3. The predicted octanol–water partition coefficient (Wildman–Crippen LogP) is 7.57. The summed E-state index contributed by atoms with van der Waals surface area (Å²) < 4.78 is 0. The molecule has 0 saturated heterocycles. The molecule has 0 radical (unpaired) electrons. The van der Waals surface area contributed by atoms with Crippen molar-refractivity contribution in [3.8, 4) is 11.1 Å². The molecule has 0 heterocycles. The molecule has 34 heavy (non-hydrogen) atoms. The Kier molecular flexibility index (Phi) is 19.5. The minimum atomic E-state index is -1.50. The van der Waals surface area contributed by atoms with Crippen LogP contribution in [0.1, 0.15) is 51.7 Å². The van der Waals surface area contributed by atoms with Gasteiger partial charge in [0.1, 0.15) is 0 Å². The van der Waals surface area contributed by atoms with Gasteiger partial charge in [0.25, 0.3) is 0 Å². The molecule has 0 amide bonds. The van der Waals surface area contributed by atoms with E-state index in [0.717, 1.165) is 12.1 Å². The lowest BCUT2D eigenvalue weighted by molar-refractivity contribution is -0.159. The number of benzene rings is 3. The van der Waals surface area contributed by atoms with Crippen LogP contribution in [0.2, 0.25) is 5.02 Å². The van der Waals surface area contributed by atoms with Crippen LogP contribution in [0.25, 0.3) is 11.1 Å². The van der Waals surface area contributed by atoms with Crippen molar-refractivity contribution in [2.24, 2.45) is 0 Å². The lowest BCUT2D eigenvalue weighted by atomic mass is 9.98. The Morgan fingerprint density at radius 1 is 0.735 bits per heavy atom. The Bertz CT molecular complexity index is 829. The Hall–Kier alpha value is -2.66. The van der Waals surface area contributed by atoms with Gasteiger partial charge in [0, 0.05) is 12.1 Å². The van der Waals surface area contributed by atoms with E-state index in [4.69, 9.17) is 26.9 Å².